The molecule has 16 heavy (non-hydrogen) atoms. The number of hydrogen-bond donors (Lipinski definition) is 1. The minimum Gasteiger partial charge on any atom is -0.284 e. The predicted octanol–water partition coefficient (Wildman–Crippen LogP) is 2.96. The van der Waals surface area contributed by atoms with Gasteiger partial charge >= 0.3 is 0 Å². The minimum atomic E-state index is -3.34. The molecule has 90 valence electrons. The standard InChI is InChI=1S/C10H13Cl2NO2S/c1-8(6-11)7-16(14,15)13-10-4-2-9(12)3-5-10/h2-5,8,13H,6-7H2,1H3. The highest BCUT2D eigenvalue weighted by atomic mass is 35.5. The Morgan fingerprint density at radius 2 is 1.88 bits per heavy atom. The van der Waals surface area contributed by atoms with Crippen molar-refractivity contribution in [1.82, 2.24) is 0 Å². The van der Waals surface area contributed by atoms with E-state index in [1.54, 1.807) is 31.2 Å². The maximum absolute atomic E-state index is 11.7. The number of nitrogens with one attached hydrogen (secondary N) is 1. The van der Waals surface area contributed by atoms with Gasteiger partial charge in [-0.1, -0.05) is 18.5 Å². The van der Waals surface area contributed by atoms with Crippen molar-refractivity contribution in [3.8, 4) is 0 Å². The first kappa shape index (κ1) is 13.6. The largest absolute Gasteiger partial charge is 0.284 e. The van der Waals surface area contributed by atoms with E-state index in [1.165, 1.54) is 0 Å². The van der Waals surface area contributed by atoms with E-state index in [9.17, 15) is 8.42 Å². The number of sulfonamides is 1. The van der Waals surface area contributed by atoms with Gasteiger partial charge < -0.3 is 0 Å². The number of benzene rings is 1. The third-order valence-electron chi connectivity index (χ3n) is 1.88. The zero-order valence-corrected chi connectivity index (χ0v) is 11.1. The second kappa shape index (κ2) is 5.75. The number of anilines is 1. The first-order valence-electron chi connectivity index (χ1n) is 4.75. The fraction of sp³-hybridized carbons (Fsp3) is 0.400. The van der Waals surface area contributed by atoms with E-state index in [0.29, 0.717) is 16.6 Å². The van der Waals surface area contributed by atoms with Gasteiger partial charge in [-0.25, -0.2) is 8.42 Å². The van der Waals surface area contributed by atoms with Crippen molar-refractivity contribution in [3.63, 3.8) is 0 Å². The molecular formula is C10H13Cl2NO2S. The molecular weight excluding hydrogens is 269 g/mol. The summed E-state index contributed by atoms with van der Waals surface area (Å²) in [5.41, 5.74) is 0.506. The van der Waals surface area contributed by atoms with Gasteiger partial charge in [0.15, 0.2) is 0 Å². The van der Waals surface area contributed by atoms with E-state index in [0.717, 1.165) is 0 Å². The van der Waals surface area contributed by atoms with Gasteiger partial charge in [-0.15, -0.1) is 11.6 Å². The molecule has 0 spiro atoms. The zero-order chi connectivity index (χ0) is 12.2. The second-order valence-corrected chi connectivity index (χ2v) is 6.16. The molecule has 0 saturated carbocycles. The SMILES string of the molecule is CC(CCl)CS(=O)(=O)Nc1ccc(Cl)cc1. The van der Waals surface area contributed by atoms with Gasteiger partial charge in [0.1, 0.15) is 0 Å². The average Bonchev–Trinajstić information content (AvgIpc) is 2.20. The molecule has 0 heterocycles. The van der Waals surface area contributed by atoms with Crippen molar-refractivity contribution in [2.45, 2.75) is 6.92 Å². The molecule has 0 saturated heterocycles. The molecule has 1 unspecified atom stereocenters. The number of rotatable bonds is 5. The smallest absolute Gasteiger partial charge is 0.233 e. The Kier molecular flexibility index (Phi) is 4.89. The van der Waals surface area contributed by atoms with Crippen molar-refractivity contribution in [2.75, 3.05) is 16.4 Å². The van der Waals surface area contributed by atoms with Crippen LogP contribution in [-0.2, 0) is 10.0 Å². The van der Waals surface area contributed by atoms with E-state index in [4.69, 9.17) is 23.2 Å². The molecule has 1 N–H and O–H groups in total. The third kappa shape index (κ3) is 4.60. The minimum absolute atomic E-state index is 0.0130. The summed E-state index contributed by atoms with van der Waals surface area (Å²) in [7, 11) is -3.34. The number of hydrogen-bond acceptors (Lipinski definition) is 2. The van der Waals surface area contributed by atoms with E-state index >= 15 is 0 Å². The van der Waals surface area contributed by atoms with Crippen molar-refractivity contribution in [2.24, 2.45) is 5.92 Å². The Bertz CT molecular complexity index is 431. The lowest BCUT2D eigenvalue weighted by molar-refractivity contribution is 0.588. The second-order valence-electron chi connectivity index (χ2n) is 3.65. The van der Waals surface area contributed by atoms with E-state index in [-0.39, 0.29) is 11.7 Å². The van der Waals surface area contributed by atoms with Crippen molar-refractivity contribution in [3.05, 3.63) is 29.3 Å². The molecule has 0 aliphatic heterocycles. The first-order valence-corrected chi connectivity index (χ1v) is 7.31. The van der Waals surface area contributed by atoms with Crippen LogP contribution < -0.4 is 4.72 Å². The van der Waals surface area contributed by atoms with Crippen LogP contribution in [0.3, 0.4) is 0 Å². The topological polar surface area (TPSA) is 46.2 Å². The lowest BCUT2D eigenvalue weighted by atomic mass is 10.3. The molecule has 0 bridgehead atoms. The quantitative estimate of drug-likeness (QED) is 0.844. The summed E-state index contributed by atoms with van der Waals surface area (Å²) in [5.74, 6) is 0.257. The molecule has 0 aliphatic rings. The third-order valence-corrected chi connectivity index (χ3v) is 4.22. The molecule has 1 atom stereocenters. The van der Waals surface area contributed by atoms with Crippen molar-refractivity contribution < 1.29 is 8.42 Å². The highest BCUT2D eigenvalue weighted by molar-refractivity contribution is 7.92. The van der Waals surface area contributed by atoms with Gasteiger partial charge in [0.25, 0.3) is 0 Å². The van der Waals surface area contributed by atoms with Crippen LogP contribution in [0.1, 0.15) is 6.92 Å². The monoisotopic (exact) mass is 281 g/mol. The summed E-state index contributed by atoms with van der Waals surface area (Å²) in [5, 5.41) is 0.567. The molecule has 1 aromatic rings. The van der Waals surface area contributed by atoms with Gasteiger partial charge in [0.2, 0.25) is 10.0 Å². The maximum atomic E-state index is 11.7. The van der Waals surface area contributed by atoms with Crippen LogP contribution in [0.5, 0.6) is 0 Å². The van der Waals surface area contributed by atoms with E-state index in [2.05, 4.69) is 4.72 Å². The van der Waals surface area contributed by atoms with Gasteiger partial charge in [0, 0.05) is 16.6 Å². The van der Waals surface area contributed by atoms with Crippen LogP contribution in [-0.4, -0.2) is 20.1 Å². The summed E-state index contributed by atoms with van der Waals surface area (Å²) in [4.78, 5) is 0. The van der Waals surface area contributed by atoms with Crippen molar-refractivity contribution in [1.29, 1.82) is 0 Å². The van der Waals surface area contributed by atoms with E-state index < -0.39 is 10.0 Å². The Labute approximate surface area is 106 Å². The fourth-order valence-corrected chi connectivity index (χ4v) is 2.97. The highest BCUT2D eigenvalue weighted by Gasteiger charge is 2.14. The molecule has 0 aromatic heterocycles. The molecule has 1 aromatic carbocycles. The zero-order valence-electron chi connectivity index (χ0n) is 8.78. The number of halogens is 2. The Balaban J connectivity index is 2.69. The van der Waals surface area contributed by atoms with Crippen molar-refractivity contribution >= 4 is 38.9 Å². The molecule has 0 radical (unpaired) electrons. The highest BCUT2D eigenvalue weighted by Crippen LogP contribution is 2.15. The lowest BCUT2D eigenvalue weighted by Crippen LogP contribution is -2.22. The van der Waals surface area contributed by atoms with Crippen LogP contribution in [0.4, 0.5) is 5.69 Å². The summed E-state index contributed by atoms with van der Waals surface area (Å²) in [6, 6.07) is 6.49. The van der Waals surface area contributed by atoms with Crippen LogP contribution in [0.2, 0.25) is 5.02 Å². The predicted molar refractivity (Wildman–Crippen MR) is 68.7 cm³/mol. The fourth-order valence-electron chi connectivity index (χ4n) is 1.16. The molecule has 6 heteroatoms. The summed E-state index contributed by atoms with van der Waals surface area (Å²) >= 11 is 11.3. The van der Waals surface area contributed by atoms with Gasteiger partial charge in [0.05, 0.1) is 5.75 Å². The Hall–Kier alpha value is -0.450. The Morgan fingerprint density at radius 3 is 2.38 bits per heavy atom. The molecule has 3 nitrogen and oxygen atoms in total. The van der Waals surface area contributed by atoms with Gasteiger partial charge in [-0.2, -0.15) is 0 Å². The normalized spacial score (nSPS) is 13.4. The summed E-state index contributed by atoms with van der Waals surface area (Å²) < 4.78 is 25.8. The van der Waals surface area contributed by atoms with Gasteiger partial charge in [-0.3, -0.25) is 4.72 Å². The molecule has 1 rings (SSSR count). The van der Waals surface area contributed by atoms with Crippen LogP contribution in [0.25, 0.3) is 0 Å². The lowest BCUT2D eigenvalue weighted by Gasteiger charge is -2.10. The van der Waals surface area contributed by atoms with Gasteiger partial charge in [-0.05, 0) is 30.2 Å². The molecule has 0 aliphatic carbocycles. The molecule has 0 amide bonds. The summed E-state index contributed by atoms with van der Waals surface area (Å²) in [6.45, 7) is 1.79. The average molecular weight is 282 g/mol. The van der Waals surface area contributed by atoms with Crippen LogP contribution in [0.15, 0.2) is 24.3 Å². The number of alkyl halides is 1. The Morgan fingerprint density at radius 1 is 1.31 bits per heavy atom. The van der Waals surface area contributed by atoms with Crippen LogP contribution in [0, 0.1) is 5.92 Å². The van der Waals surface area contributed by atoms with E-state index in [1.807, 2.05) is 0 Å². The first-order chi connectivity index (χ1) is 7.43. The van der Waals surface area contributed by atoms with Crippen LogP contribution >= 0.6 is 23.2 Å². The molecule has 0 fully saturated rings. The maximum Gasteiger partial charge on any atom is 0.233 e. The summed E-state index contributed by atoms with van der Waals surface area (Å²) in [6.07, 6.45) is 0.